The number of anilines is 1. The minimum Gasteiger partial charge on any atom is -0.352 e. The first-order chi connectivity index (χ1) is 12.2. The Morgan fingerprint density at radius 1 is 1.24 bits per heavy atom. The lowest BCUT2D eigenvalue weighted by molar-refractivity contribution is 0.370. The largest absolute Gasteiger partial charge is 0.352 e. The number of aliphatic imine (C=N–C) groups is 1. The van der Waals surface area contributed by atoms with E-state index in [0.29, 0.717) is 6.54 Å². The topological polar surface area (TPSA) is 56.7 Å². The van der Waals surface area contributed by atoms with E-state index in [1.165, 1.54) is 6.07 Å². The fourth-order valence-electron chi connectivity index (χ4n) is 2.74. The monoisotopic (exact) mass is 362 g/mol. The van der Waals surface area contributed by atoms with Crippen LogP contribution in [0.1, 0.15) is 5.56 Å². The first-order valence-electron chi connectivity index (χ1n) is 8.09. The maximum Gasteiger partial charge on any atom is 0.225 e. The number of hydrogen-bond acceptors (Lipinski definition) is 4. The molecular formula is C17H20ClFN6. The van der Waals surface area contributed by atoms with Gasteiger partial charge in [-0.25, -0.2) is 14.4 Å². The van der Waals surface area contributed by atoms with E-state index in [4.69, 9.17) is 11.6 Å². The summed E-state index contributed by atoms with van der Waals surface area (Å²) in [6.45, 7) is 3.83. The maximum atomic E-state index is 13.2. The summed E-state index contributed by atoms with van der Waals surface area (Å²) in [6, 6.07) is 6.53. The molecule has 1 aromatic heterocycles. The molecule has 25 heavy (non-hydrogen) atoms. The SMILES string of the molecule is CN=C(NCc1ccc(F)c(Cl)c1)N1CCN(c2ncccn2)CC1. The number of guanidine groups is 1. The van der Waals surface area contributed by atoms with Crippen molar-refractivity contribution in [3.63, 3.8) is 0 Å². The van der Waals surface area contributed by atoms with E-state index in [1.54, 1.807) is 31.6 Å². The minimum absolute atomic E-state index is 0.130. The molecule has 0 amide bonds. The van der Waals surface area contributed by atoms with Crippen molar-refractivity contribution >= 4 is 23.5 Å². The molecule has 0 atom stereocenters. The molecule has 1 N–H and O–H groups in total. The molecule has 1 aliphatic heterocycles. The molecule has 1 saturated heterocycles. The smallest absolute Gasteiger partial charge is 0.225 e. The van der Waals surface area contributed by atoms with Crippen molar-refractivity contribution in [1.82, 2.24) is 20.2 Å². The highest BCUT2D eigenvalue weighted by molar-refractivity contribution is 6.30. The van der Waals surface area contributed by atoms with Gasteiger partial charge in [0.1, 0.15) is 5.82 Å². The van der Waals surface area contributed by atoms with Gasteiger partial charge in [0.25, 0.3) is 0 Å². The average Bonchev–Trinajstić information content (AvgIpc) is 2.66. The van der Waals surface area contributed by atoms with Crippen LogP contribution in [0, 0.1) is 5.82 Å². The molecule has 2 heterocycles. The molecule has 132 valence electrons. The van der Waals surface area contributed by atoms with Crippen LogP contribution in [0.4, 0.5) is 10.3 Å². The molecule has 3 rings (SSSR count). The third-order valence-corrected chi connectivity index (χ3v) is 4.35. The lowest BCUT2D eigenvalue weighted by Gasteiger charge is -2.36. The molecule has 2 aromatic rings. The van der Waals surface area contributed by atoms with E-state index in [2.05, 4.69) is 30.1 Å². The Balaban J connectivity index is 1.55. The second-order valence-corrected chi connectivity index (χ2v) is 6.08. The third-order valence-electron chi connectivity index (χ3n) is 4.06. The van der Waals surface area contributed by atoms with Gasteiger partial charge >= 0.3 is 0 Å². The molecule has 1 aromatic carbocycles. The average molecular weight is 363 g/mol. The lowest BCUT2D eigenvalue weighted by Crippen LogP contribution is -2.52. The van der Waals surface area contributed by atoms with Crippen LogP contribution in [0.15, 0.2) is 41.7 Å². The molecule has 1 aliphatic rings. The number of rotatable bonds is 3. The highest BCUT2D eigenvalue weighted by Crippen LogP contribution is 2.16. The summed E-state index contributed by atoms with van der Waals surface area (Å²) >= 11 is 5.83. The minimum atomic E-state index is -0.408. The van der Waals surface area contributed by atoms with Crippen molar-refractivity contribution in [2.75, 3.05) is 38.1 Å². The van der Waals surface area contributed by atoms with Gasteiger partial charge in [-0.2, -0.15) is 0 Å². The predicted molar refractivity (Wildman–Crippen MR) is 97.4 cm³/mol. The maximum absolute atomic E-state index is 13.2. The Morgan fingerprint density at radius 3 is 2.60 bits per heavy atom. The van der Waals surface area contributed by atoms with Crippen LogP contribution in [0.2, 0.25) is 5.02 Å². The van der Waals surface area contributed by atoms with Crippen LogP contribution in [0.5, 0.6) is 0 Å². The van der Waals surface area contributed by atoms with Crippen molar-refractivity contribution < 1.29 is 4.39 Å². The highest BCUT2D eigenvalue weighted by atomic mass is 35.5. The van der Waals surface area contributed by atoms with Crippen molar-refractivity contribution in [3.8, 4) is 0 Å². The first kappa shape index (κ1) is 17.4. The van der Waals surface area contributed by atoms with Gasteiger partial charge in [-0.05, 0) is 23.8 Å². The zero-order valence-electron chi connectivity index (χ0n) is 14.0. The molecular weight excluding hydrogens is 343 g/mol. The van der Waals surface area contributed by atoms with Gasteiger partial charge in [0.2, 0.25) is 5.95 Å². The van der Waals surface area contributed by atoms with Crippen LogP contribution < -0.4 is 10.2 Å². The second kappa shape index (κ2) is 8.11. The van der Waals surface area contributed by atoms with Gasteiger partial charge in [0.15, 0.2) is 5.96 Å². The highest BCUT2D eigenvalue weighted by Gasteiger charge is 2.21. The van der Waals surface area contributed by atoms with Crippen molar-refractivity contribution in [1.29, 1.82) is 0 Å². The van der Waals surface area contributed by atoms with Gasteiger partial charge in [0, 0.05) is 52.2 Å². The standard InChI is InChI=1S/C17H20ClFN6/c1-20-16(23-12-13-3-4-15(19)14(18)11-13)24-7-9-25(10-8-24)17-21-5-2-6-22-17/h2-6,11H,7-10,12H2,1H3,(H,20,23). The number of hydrogen-bond donors (Lipinski definition) is 1. The summed E-state index contributed by atoms with van der Waals surface area (Å²) in [6.07, 6.45) is 3.51. The van der Waals surface area contributed by atoms with E-state index >= 15 is 0 Å². The Labute approximate surface area is 151 Å². The zero-order chi connectivity index (χ0) is 17.6. The fraction of sp³-hybridized carbons (Fsp3) is 0.353. The zero-order valence-corrected chi connectivity index (χ0v) is 14.7. The summed E-state index contributed by atoms with van der Waals surface area (Å²) in [7, 11) is 1.76. The number of benzene rings is 1. The van der Waals surface area contributed by atoms with Crippen molar-refractivity contribution in [3.05, 3.63) is 53.1 Å². The van der Waals surface area contributed by atoms with Crippen molar-refractivity contribution in [2.24, 2.45) is 4.99 Å². The second-order valence-electron chi connectivity index (χ2n) is 5.67. The molecule has 0 unspecified atom stereocenters. The summed E-state index contributed by atoms with van der Waals surface area (Å²) in [5, 5.41) is 3.43. The third kappa shape index (κ3) is 4.36. The molecule has 6 nitrogen and oxygen atoms in total. The van der Waals surface area contributed by atoms with Gasteiger partial charge in [-0.15, -0.1) is 0 Å². The first-order valence-corrected chi connectivity index (χ1v) is 8.46. The van der Waals surface area contributed by atoms with Crippen LogP contribution in [-0.4, -0.2) is 54.1 Å². The van der Waals surface area contributed by atoms with E-state index in [1.807, 2.05) is 6.07 Å². The Kier molecular flexibility index (Phi) is 5.65. The Morgan fingerprint density at radius 2 is 1.96 bits per heavy atom. The lowest BCUT2D eigenvalue weighted by atomic mass is 10.2. The molecule has 0 spiro atoms. The molecule has 0 radical (unpaired) electrons. The van der Waals surface area contributed by atoms with Crippen LogP contribution >= 0.6 is 11.6 Å². The van der Waals surface area contributed by atoms with Crippen LogP contribution in [0.25, 0.3) is 0 Å². The van der Waals surface area contributed by atoms with Gasteiger partial charge < -0.3 is 15.1 Å². The van der Waals surface area contributed by atoms with Crippen LogP contribution in [-0.2, 0) is 6.54 Å². The number of aromatic nitrogens is 2. The number of piperazine rings is 1. The molecule has 8 heteroatoms. The van der Waals surface area contributed by atoms with Gasteiger partial charge in [0.05, 0.1) is 5.02 Å². The predicted octanol–water partition coefficient (Wildman–Crippen LogP) is 2.17. The van der Waals surface area contributed by atoms with E-state index < -0.39 is 5.82 Å². The van der Waals surface area contributed by atoms with E-state index in [9.17, 15) is 4.39 Å². The Hall–Kier alpha value is -2.41. The summed E-state index contributed by atoms with van der Waals surface area (Å²) in [5.74, 6) is 1.16. The normalized spacial score (nSPS) is 15.4. The number of nitrogens with zero attached hydrogens (tertiary/aromatic N) is 5. The van der Waals surface area contributed by atoms with E-state index in [-0.39, 0.29) is 5.02 Å². The summed E-state index contributed by atoms with van der Waals surface area (Å²) < 4.78 is 13.2. The summed E-state index contributed by atoms with van der Waals surface area (Å²) in [4.78, 5) is 17.3. The molecule has 0 aliphatic carbocycles. The molecule has 1 fully saturated rings. The van der Waals surface area contributed by atoms with Crippen LogP contribution in [0.3, 0.4) is 0 Å². The van der Waals surface area contributed by atoms with E-state index in [0.717, 1.165) is 43.7 Å². The summed E-state index contributed by atoms with van der Waals surface area (Å²) in [5.41, 5.74) is 0.906. The quantitative estimate of drug-likeness (QED) is 0.670. The number of nitrogens with one attached hydrogen (secondary N) is 1. The van der Waals surface area contributed by atoms with Crippen molar-refractivity contribution in [2.45, 2.75) is 6.54 Å². The Bertz CT molecular complexity index is 731. The molecule has 0 saturated carbocycles. The van der Waals surface area contributed by atoms with Gasteiger partial charge in [-0.1, -0.05) is 17.7 Å². The fourth-order valence-corrected chi connectivity index (χ4v) is 2.94. The molecule has 0 bridgehead atoms. The number of halogens is 2. The van der Waals surface area contributed by atoms with Gasteiger partial charge in [-0.3, -0.25) is 4.99 Å².